The number of hydrogen-bond donors (Lipinski definition) is 0. The van der Waals surface area contributed by atoms with Crippen LogP contribution in [-0.2, 0) is 34.8 Å². The van der Waals surface area contributed by atoms with Crippen LogP contribution in [0.25, 0.3) is 6.08 Å². The molecule has 42 heavy (non-hydrogen) atoms. The lowest BCUT2D eigenvalue weighted by Crippen LogP contribution is -2.34. The molecular formula is C32H29Cl4N3O3. The predicted molar refractivity (Wildman–Crippen MR) is 168 cm³/mol. The van der Waals surface area contributed by atoms with Gasteiger partial charge in [0.1, 0.15) is 18.5 Å². The van der Waals surface area contributed by atoms with Gasteiger partial charge in [-0.1, -0.05) is 70.7 Å². The lowest BCUT2D eigenvalue weighted by Gasteiger charge is -2.30. The Labute approximate surface area is 265 Å². The van der Waals surface area contributed by atoms with Gasteiger partial charge in [-0.2, -0.15) is 0 Å². The Morgan fingerprint density at radius 3 is 2.67 bits per heavy atom. The molecule has 4 aromatic rings. The molecule has 1 fully saturated rings. The van der Waals surface area contributed by atoms with Gasteiger partial charge in [-0.15, -0.1) is 0 Å². The second kappa shape index (κ2) is 13.0. The fraction of sp³-hybridized carbons (Fsp3) is 0.281. The fourth-order valence-corrected chi connectivity index (χ4v) is 6.28. The SMILES string of the molecule is Clc1ccc([C@@]2(Cn3ccnc3)OC[C@H](COc3ccc4c(c3)CCN(CC=Cc3cc(Cl)ccc3Cl)C4)O2)c(Cl)c1. The van der Waals surface area contributed by atoms with Crippen LogP contribution in [0.4, 0.5) is 0 Å². The maximum atomic E-state index is 6.59. The minimum atomic E-state index is -1.08. The number of imidazole rings is 1. The Hall–Kier alpha value is -2.55. The molecule has 0 radical (unpaired) electrons. The number of rotatable bonds is 9. The van der Waals surface area contributed by atoms with E-state index in [1.165, 1.54) is 11.1 Å². The van der Waals surface area contributed by atoms with Gasteiger partial charge in [0.15, 0.2) is 0 Å². The number of nitrogens with zero attached hydrogens (tertiary/aromatic N) is 3. The average molecular weight is 645 g/mol. The van der Waals surface area contributed by atoms with Crippen molar-refractivity contribution in [3.8, 4) is 5.75 Å². The summed E-state index contributed by atoms with van der Waals surface area (Å²) in [4.78, 5) is 6.56. The quantitative estimate of drug-likeness (QED) is 0.185. The third kappa shape index (κ3) is 6.81. The van der Waals surface area contributed by atoms with Crippen molar-refractivity contribution in [2.45, 2.75) is 31.4 Å². The number of halogens is 4. The normalized spacial score (nSPS) is 20.7. The van der Waals surface area contributed by atoms with Crippen molar-refractivity contribution in [1.29, 1.82) is 0 Å². The summed E-state index contributed by atoms with van der Waals surface area (Å²) in [5, 5.41) is 2.40. The Balaban J connectivity index is 1.07. The van der Waals surface area contributed by atoms with Crippen molar-refractivity contribution in [3.05, 3.63) is 122 Å². The standard InChI is InChI=1S/C32H29Cl4N3O3/c33-25-5-8-30(35)23(14-25)2-1-11-38-12-9-22-15-27(6-3-24(22)17-38)40-18-28-19-41-32(42-28,20-39-13-10-37-21-39)29-7-4-26(34)16-31(29)36/h1-8,10,13-16,21,28H,9,11-12,17-20H2/t28-,32-/m0/s1. The topological polar surface area (TPSA) is 48.8 Å². The maximum Gasteiger partial charge on any atom is 0.215 e. The number of fused-ring (bicyclic) bond motifs is 1. The predicted octanol–water partition coefficient (Wildman–Crippen LogP) is 7.92. The fourth-order valence-electron chi connectivity index (χ4n) is 5.37. The first-order chi connectivity index (χ1) is 20.4. The van der Waals surface area contributed by atoms with E-state index < -0.39 is 5.79 Å². The van der Waals surface area contributed by atoms with Crippen molar-refractivity contribution in [2.24, 2.45) is 0 Å². The summed E-state index contributed by atoms with van der Waals surface area (Å²) in [7, 11) is 0. The minimum Gasteiger partial charge on any atom is -0.491 e. The second-order valence-corrected chi connectivity index (χ2v) is 12.1. The van der Waals surface area contributed by atoms with Gasteiger partial charge in [0.25, 0.3) is 0 Å². The highest BCUT2D eigenvalue weighted by Crippen LogP contribution is 2.40. The average Bonchev–Trinajstić information content (AvgIpc) is 3.64. The molecular weight excluding hydrogens is 616 g/mol. The van der Waals surface area contributed by atoms with Crippen LogP contribution in [0.15, 0.2) is 79.4 Å². The van der Waals surface area contributed by atoms with Crippen LogP contribution in [0.3, 0.4) is 0 Å². The highest BCUT2D eigenvalue weighted by molar-refractivity contribution is 6.35. The minimum absolute atomic E-state index is 0.286. The first-order valence-corrected chi connectivity index (χ1v) is 15.2. The Bertz CT molecular complexity index is 1580. The lowest BCUT2D eigenvalue weighted by molar-refractivity contribution is -0.189. The maximum absolute atomic E-state index is 6.59. The van der Waals surface area contributed by atoms with Crippen LogP contribution in [-0.4, -0.2) is 46.9 Å². The van der Waals surface area contributed by atoms with Gasteiger partial charge in [0.2, 0.25) is 5.79 Å². The monoisotopic (exact) mass is 643 g/mol. The molecule has 0 aliphatic carbocycles. The number of ether oxygens (including phenoxy) is 3. The highest BCUT2D eigenvalue weighted by atomic mass is 35.5. The summed E-state index contributed by atoms with van der Waals surface area (Å²) in [6, 6.07) is 17.1. The van der Waals surface area contributed by atoms with E-state index in [0.29, 0.717) is 45.4 Å². The molecule has 2 atom stereocenters. The van der Waals surface area contributed by atoms with Crippen molar-refractivity contribution in [3.63, 3.8) is 0 Å². The molecule has 1 saturated heterocycles. The van der Waals surface area contributed by atoms with Gasteiger partial charge in [-0.05, 0) is 65.6 Å². The van der Waals surface area contributed by atoms with E-state index in [4.69, 9.17) is 60.6 Å². The molecule has 1 aromatic heterocycles. The highest BCUT2D eigenvalue weighted by Gasteiger charge is 2.45. The van der Waals surface area contributed by atoms with Crippen molar-refractivity contribution in [1.82, 2.24) is 14.5 Å². The molecule has 0 unspecified atom stereocenters. The summed E-state index contributed by atoms with van der Waals surface area (Å²) in [5.41, 5.74) is 4.25. The van der Waals surface area contributed by atoms with E-state index in [9.17, 15) is 0 Å². The molecule has 3 heterocycles. The summed E-state index contributed by atoms with van der Waals surface area (Å²) < 4.78 is 20.9. The van der Waals surface area contributed by atoms with Crippen LogP contribution in [0.1, 0.15) is 22.3 Å². The zero-order chi connectivity index (χ0) is 29.1. The molecule has 0 N–H and O–H groups in total. The summed E-state index contributed by atoms with van der Waals surface area (Å²) in [6.45, 7) is 3.77. The molecule has 6 nitrogen and oxygen atoms in total. The third-order valence-electron chi connectivity index (χ3n) is 7.47. The molecule has 0 bridgehead atoms. The Kier molecular flexibility index (Phi) is 9.12. The molecule has 0 saturated carbocycles. The van der Waals surface area contributed by atoms with Gasteiger partial charge in [-0.25, -0.2) is 4.98 Å². The molecule has 0 spiro atoms. The van der Waals surface area contributed by atoms with Gasteiger partial charge >= 0.3 is 0 Å². The molecule has 6 rings (SSSR count). The van der Waals surface area contributed by atoms with E-state index in [2.05, 4.69) is 28.1 Å². The van der Waals surface area contributed by atoms with E-state index >= 15 is 0 Å². The van der Waals surface area contributed by atoms with Gasteiger partial charge < -0.3 is 18.8 Å². The molecule has 0 amide bonds. The van der Waals surface area contributed by atoms with Crippen LogP contribution in [0.2, 0.25) is 20.1 Å². The molecule has 10 heteroatoms. The smallest absolute Gasteiger partial charge is 0.215 e. The zero-order valence-electron chi connectivity index (χ0n) is 22.7. The van der Waals surface area contributed by atoms with E-state index in [1.807, 2.05) is 41.1 Å². The van der Waals surface area contributed by atoms with Crippen LogP contribution in [0.5, 0.6) is 5.75 Å². The second-order valence-electron chi connectivity index (χ2n) is 10.5. The number of aromatic nitrogens is 2. The number of benzene rings is 3. The molecule has 2 aliphatic rings. The summed E-state index contributed by atoms with van der Waals surface area (Å²) in [5.74, 6) is -0.264. The molecule has 218 valence electrons. The summed E-state index contributed by atoms with van der Waals surface area (Å²) >= 11 is 25.1. The molecule has 3 aromatic carbocycles. The summed E-state index contributed by atoms with van der Waals surface area (Å²) in [6.07, 6.45) is 10.1. The number of hydrogen-bond acceptors (Lipinski definition) is 5. The van der Waals surface area contributed by atoms with E-state index in [1.54, 1.807) is 30.7 Å². The first-order valence-electron chi connectivity index (χ1n) is 13.7. The third-order valence-corrected chi connectivity index (χ3v) is 8.60. The largest absolute Gasteiger partial charge is 0.491 e. The lowest BCUT2D eigenvalue weighted by atomic mass is 9.99. The van der Waals surface area contributed by atoms with Gasteiger partial charge in [0.05, 0.1) is 24.5 Å². The van der Waals surface area contributed by atoms with Gasteiger partial charge in [-0.3, -0.25) is 4.90 Å². The van der Waals surface area contributed by atoms with Gasteiger partial charge in [0, 0.05) is 52.7 Å². The van der Waals surface area contributed by atoms with E-state index in [0.717, 1.165) is 37.4 Å². The van der Waals surface area contributed by atoms with E-state index in [-0.39, 0.29) is 6.10 Å². The van der Waals surface area contributed by atoms with Crippen LogP contribution in [0, 0.1) is 0 Å². The Morgan fingerprint density at radius 1 is 0.976 bits per heavy atom. The van der Waals surface area contributed by atoms with Crippen molar-refractivity contribution in [2.75, 3.05) is 26.3 Å². The Morgan fingerprint density at radius 2 is 1.83 bits per heavy atom. The first kappa shape index (κ1) is 29.5. The van der Waals surface area contributed by atoms with Crippen molar-refractivity contribution < 1.29 is 14.2 Å². The van der Waals surface area contributed by atoms with Crippen LogP contribution >= 0.6 is 46.4 Å². The zero-order valence-corrected chi connectivity index (χ0v) is 25.7. The van der Waals surface area contributed by atoms with Crippen LogP contribution < -0.4 is 4.74 Å². The molecule has 2 aliphatic heterocycles. The van der Waals surface area contributed by atoms with Crippen molar-refractivity contribution >= 4 is 52.5 Å².